The van der Waals surface area contributed by atoms with Gasteiger partial charge in [-0.1, -0.05) is 193 Å². The molecule has 58 heavy (non-hydrogen) atoms. The van der Waals surface area contributed by atoms with Crippen LogP contribution in [0.15, 0.2) is 182 Å². The average Bonchev–Trinajstić information content (AvgIpc) is 3.63. The minimum absolute atomic E-state index is 0.0195. The Balaban J connectivity index is 1.30. The molecule has 0 fully saturated rings. The van der Waals surface area contributed by atoms with Crippen LogP contribution in [0.2, 0.25) is 0 Å². The molecule has 0 amide bonds. The molecule has 2 heteroatoms. The highest BCUT2D eigenvalue weighted by Crippen LogP contribution is 2.51. The van der Waals surface area contributed by atoms with Crippen LogP contribution in [0.1, 0.15) is 74.9 Å². The number of hydrogen-bond acceptors (Lipinski definition) is 1. The van der Waals surface area contributed by atoms with Crippen molar-refractivity contribution in [2.75, 3.05) is 0 Å². The maximum absolute atomic E-state index is 5.25. The summed E-state index contributed by atoms with van der Waals surface area (Å²) in [7, 11) is 0. The lowest BCUT2D eigenvalue weighted by Gasteiger charge is -2.39. The number of hydrogen-bond donors (Lipinski definition) is 0. The van der Waals surface area contributed by atoms with E-state index in [1.54, 1.807) is 0 Å². The molecule has 0 N–H and O–H groups in total. The van der Waals surface area contributed by atoms with Crippen molar-refractivity contribution < 1.29 is 0 Å². The summed E-state index contributed by atoms with van der Waals surface area (Å²) in [4.78, 5) is 5.25. The fourth-order valence-electron chi connectivity index (χ4n) is 9.41. The molecule has 0 atom stereocenters. The molecular weight excluding hydrogens is 701 g/mol. The molecule has 0 aliphatic rings. The average molecular weight is 749 g/mol. The SMILES string of the molecule is CC(C)(C)c1ccc(C(c2ccc(-c3nc4ccccc4n3-c3ccccc3)cc2)(c2ccc(C(C)(C)C)cc2)c2cc3cccc4ccc5cccc2c5c43)cc1. The zero-order valence-corrected chi connectivity index (χ0v) is 34.2. The van der Waals surface area contributed by atoms with Crippen LogP contribution in [0.5, 0.6) is 0 Å². The Morgan fingerprint density at radius 2 is 0.914 bits per heavy atom. The number of benzene rings is 9. The molecule has 0 saturated heterocycles. The highest BCUT2D eigenvalue weighted by Gasteiger charge is 2.41. The van der Waals surface area contributed by atoms with Crippen molar-refractivity contribution in [2.45, 2.75) is 57.8 Å². The van der Waals surface area contributed by atoms with Crippen LogP contribution in [0.25, 0.3) is 60.4 Å². The summed E-state index contributed by atoms with van der Waals surface area (Å²) in [5, 5.41) is 7.72. The summed E-state index contributed by atoms with van der Waals surface area (Å²) in [6.45, 7) is 13.8. The van der Waals surface area contributed by atoms with E-state index in [9.17, 15) is 0 Å². The van der Waals surface area contributed by atoms with Gasteiger partial charge in [-0.05, 0) is 107 Å². The first-order chi connectivity index (χ1) is 28.0. The van der Waals surface area contributed by atoms with Crippen LogP contribution < -0.4 is 0 Å². The molecule has 0 saturated carbocycles. The molecule has 0 aliphatic carbocycles. The van der Waals surface area contributed by atoms with Crippen molar-refractivity contribution in [3.8, 4) is 17.1 Å². The molecule has 10 aromatic rings. The lowest BCUT2D eigenvalue weighted by Crippen LogP contribution is -2.32. The van der Waals surface area contributed by atoms with E-state index < -0.39 is 5.41 Å². The van der Waals surface area contributed by atoms with Crippen molar-refractivity contribution in [1.29, 1.82) is 0 Å². The Hall–Kier alpha value is -6.51. The van der Waals surface area contributed by atoms with E-state index in [1.807, 2.05) is 0 Å². The molecule has 0 unspecified atom stereocenters. The van der Waals surface area contributed by atoms with Gasteiger partial charge in [-0.3, -0.25) is 4.57 Å². The van der Waals surface area contributed by atoms with E-state index in [2.05, 4.69) is 228 Å². The van der Waals surface area contributed by atoms with Crippen molar-refractivity contribution in [1.82, 2.24) is 9.55 Å². The maximum Gasteiger partial charge on any atom is 0.145 e. The van der Waals surface area contributed by atoms with Gasteiger partial charge in [0, 0.05) is 11.3 Å². The van der Waals surface area contributed by atoms with Crippen LogP contribution >= 0.6 is 0 Å². The first-order valence-electron chi connectivity index (χ1n) is 20.5. The van der Waals surface area contributed by atoms with E-state index in [1.165, 1.54) is 65.7 Å². The zero-order chi connectivity index (χ0) is 39.8. The Morgan fingerprint density at radius 3 is 1.52 bits per heavy atom. The smallest absolute Gasteiger partial charge is 0.145 e. The van der Waals surface area contributed by atoms with Gasteiger partial charge < -0.3 is 0 Å². The summed E-state index contributed by atoms with van der Waals surface area (Å²) in [5.74, 6) is 0.927. The summed E-state index contributed by atoms with van der Waals surface area (Å²) in [5.41, 5.74) is 11.2. The first-order valence-corrected chi connectivity index (χ1v) is 20.5. The van der Waals surface area contributed by atoms with Gasteiger partial charge in [-0.2, -0.15) is 0 Å². The van der Waals surface area contributed by atoms with E-state index in [0.29, 0.717) is 0 Å². The summed E-state index contributed by atoms with van der Waals surface area (Å²) >= 11 is 0. The van der Waals surface area contributed by atoms with Crippen LogP contribution in [0.3, 0.4) is 0 Å². The summed E-state index contributed by atoms with van der Waals surface area (Å²) in [6, 6.07) is 67.9. The third-order valence-corrected chi connectivity index (χ3v) is 12.4. The molecule has 0 aliphatic heterocycles. The minimum atomic E-state index is -0.672. The van der Waals surface area contributed by atoms with Gasteiger partial charge in [-0.25, -0.2) is 4.98 Å². The van der Waals surface area contributed by atoms with E-state index in [0.717, 1.165) is 28.1 Å². The zero-order valence-electron chi connectivity index (χ0n) is 34.2. The van der Waals surface area contributed by atoms with Crippen LogP contribution in [-0.4, -0.2) is 9.55 Å². The highest BCUT2D eigenvalue weighted by atomic mass is 15.1. The normalized spacial score (nSPS) is 12.7. The van der Waals surface area contributed by atoms with Crippen LogP contribution in [-0.2, 0) is 16.2 Å². The Kier molecular flexibility index (Phi) is 8.22. The Morgan fingerprint density at radius 1 is 0.414 bits per heavy atom. The van der Waals surface area contributed by atoms with Gasteiger partial charge in [0.25, 0.3) is 0 Å². The predicted octanol–water partition coefficient (Wildman–Crippen LogP) is 14.6. The van der Waals surface area contributed by atoms with Gasteiger partial charge in [0.05, 0.1) is 16.4 Å². The number of imidazole rings is 1. The molecule has 0 radical (unpaired) electrons. The topological polar surface area (TPSA) is 17.8 Å². The van der Waals surface area contributed by atoms with Crippen molar-refractivity contribution in [3.05, 3.63) is 215 Å². The van der Waals surface area contributed by atoms with Gasteiger partial charge in [0.2, 0.25) is 0 Å². The van der Waals surface area contributed by atoms with Gasteiger partial charge in [-0.15, -0.1) is 0 Å². The van der Waals surface area contributed by atoms with Crippen molar-refractivity contribution in [3.63, 3.8) is 0 Å². The van der Waals surface area contributed by atoms with Gasteiger partial charge in [0.15, 0.2) is 0 Å². The summed E-state index contributed by atoms with van der Waals surface area (Å²) in [6.07, 6.45) is 0. The number of rotatable bonds is 6. The molecule has 1 aromatic heterocycles. The van der Waals surface area contributed by atoms with Gasteiger partial charge >= 0.3 is 0 Å². The standard InChI is InChI=1S/C56H48N2/c1-54(2,3)41-28-32-44(33-29-41)56(45-34-30-42(31-35-45)55(4,5)6,48-36-40-16-12-14-37-22-23-38-15-13-19-47(48)52(38)51(37)40)43-26-24-39(25-27-43)53-57-49-20-10-11-21-50(49)58(53)46-17-8-7-9-18-46/h7-36H,1-6H3. The fraction of sp³-hybridized carbons (Fsp3) is 0.161. The maximum atomic E-state index is 5.25. The molecule has 282 valence electrons. The molecule has 0 spiro atoms. The second-order valence-electron chi connectivity index (χ2n) is 18.0. The molecule has 10 rings (SSSR count). The molecule has 1 heterocycles. The van der Waals surface area contributed by atoms with Crippen LogP contribution in [0.4, 0.5) is 0 Å². The van der Waals surface area contributed by atoms with E-state index in [-0.39, 0.29) is 10.8 Å². The third-order valence-electron chi connectivity index (χ3n) is 12.4. The largest absolute Gasteiger partial charge is 0.292 e. The predicted molar refractivity (Wildman–Crippen MR) is 246 cm³/mol. The number of aromatic nitrogens is 2. The number of nitrogens with zero attached hydrogens (tertiary/aromatic N) is 2. The quantitative estimate of drug-likeness (QED) is 0.122. The Labute approximate surface area is 341 Å². The molecule has 0 bridgehead atoms. The number of para-hydroxylation sites is 3. The molecule has 9 aromatic carbocycles. The van der Waals surface area contributed by atoms with E-state index >= 15 is 0 Å². The second-order valence-corrected chi connectivity index (χ2v) is 18.0. The first kappa shape index (κ1) is 35.9. The van der Waals surface area contributed by atoms with Crippen molar-refractivity contribution >= 4 is 43.4 Å². The monoisotopic (exact) mass is 748 g/mol. The lowest BCUT2D eigenvalue weighted by molar-refractivity contribution is 0.588. The van der Waals surface area contributed by atoms with Gasteiger partial charge in [0.1, 0.15) is 5.82 Å². The molecular formula is C56H48N2. The Bertz CT molecular complexity index is 3020. The fourth-order valence-corrected chi connectivity index (χ4v) is 9.41. The highest BCUT2D eigenvalue weighted by molar-refractivity contribution is 6.24. The minimum Gasteiger partial charge on any atom is -0.292 e. The lowest BCUT2D eigenvalue weighted by atomic mass is 9.63. The van der Waals surface area contributed by atoms with E-state index in [4.69, 9.17) is 4.98 Å². The van der Waals surface area contributed by atoms with Crippen molar-refractivity contribution in [2.24, 2.45) is 0 Å². The second kappa shape index (κ2) is 13.3. The number of fused-ring (bicyclic) bond motifs is 1. The third kappa shape index (κ3) is 5.65. The molecule has 2 nitrogen and oxygen atoms in total. The summed E-state index contributed by atoms with van der Waals surface area (Å²) < 4.78 is 2.29. The van der Waals surface area contributed by atoms with Crippen LogP contribution in [0, 0.1) is 0 Å².